The summed E-state index contributed by atoms with van der Waals surface area (Å²) in [4.78, 5) is 12.0. The van der Waals surface area contributed by atoms with E-state index in [1.54, 1.807) is 25.1 Å². The highest BCUT2D eigenvalue weighted by atomic mass is 32.2. The van der Waals surface area contributed by atoms with Crippen LogP contribution in [-0.4, -0.2) is 43.3 Å². The Kier molecular flexibility index (Phi) is 6.35. The predicted octanol–water partition coefficient (Wildman–Crippen LogP) is 2.34. The van der Waals surface area contributed by atoms with E-state index in [4.69, 9.17) is 0 Å². The highest BCUT2D eigenvalue weighted by molar-refractivity contribution is 7.99. The summed E-state index contributed by atoms with van der Waals surface area (Å²) >= 11 is 1.45. The molecule has 0 bridgehead atoms. The van der Waals surface area contributed by atoms with Gasteiger partial charge in [0.15, 0.2) is 9.84 Å². The maximum Gasteiger partial charge on any atom is 0.338 e. The van der Waals surface area contributed by atoms with Gasteiger partial charge in [0.05, 0.1) is 11.3 Å². The first-order chi connectivity index (χ1) is 9.41. The number of hydrogen-bond acceptors (Lipinski definition) is 5. The lowest BCUT2D eigenvalue weighted by atomic mass is 10.2. The van der Waals surface area contributed by atoms with E-state index < -0.39 is 15.8 Å². The largest absolute Gasteiger partial charge is 0.478 e. The summed E-state index contributed by atoms with van der Waals surface area (Å²) in [6, 6.07) is 5.18. The molecule has 7 heteroatoms. The average Bonchev–Trinajstić information content (AvgIpc) is 2.39. The highest BCUT2D eigenvalue weighted by Crippen LogP contribution is 2.28. The van der Waals surface area contributed by atoms with Gasteiger partial charge in [-0.3, -0.25) is 0 Å². The molecule has 0 spiro atoms. The summed E-state index contributed by atoms with van der Waals surface area (Å²) in [7, 11) is -3.06. The van der Waals surface area contributed by atoms with Crippen molar-refractivity contribution >= 4 is 33.3 Å². The third-order valence-electron chi connectivity index (χ3n) is 2.71. The third kappa shape index (κ3) is 4.72. The van der Waals surface area contributed by atoms with Crippen LogP contribution in [0.4, 0.5) is 5.69 Å². The third-order valence-corrected chi connectivity index (χ3v) is 5.35. The van der Waals surface area contributed by atoms with E-state index in [2.05, 4.69) is 5.32 Å². The summed E-state index contributed by atoms with van der Waals surface area (Å²) in [6.45, 7) is 3.75. The molecule has 0 fully saturated rings. The number of aromatic carboxylic acids is 1. The molecule has 0 radical (unpaired) electrons. The van der Waals surface area contributed by atoms with Crippen molar-refractivity contribution < 1.29 is 18.3 Å². The molecule has 0 heterocycles. The number of carboxylic acid groups (broad SMARTS) is 1. The molecule has 0 saturated heterocycles. The average molecular weight is 317 g/mol. The molecule has 2 N–H and O–H groups in total. The Hall–Kier alpha value is -1.21. The van der Waals surface area contributed by atoms with Crippen molar-refractivity contribution in [3.8, 4) is 0 Å². The van der Waals surface area contributed by atoms with E-state index in [0.717, 1.165) is 5.75 Å². The molecule has 112 valence electrons. The standard InChI is InChI=1S/C13H19NO4S2/c1-3-19-11-7-5-6-10(12(11)13(15)16)14-8-9-20(17,18)4-2/h5-7,14H,3-4,8-9H2,1-2H3,(H,15,16). The molecular formula is C13H19NO4S2. The van der Waals surface area contributed by atoms with Crippen LogP contribution in [0.15, 0.2) is 23.1 Å². The van der Waals surface area contributed by atoms with Crippen LogP contribution < -0.4 is 5.32 Å². The molecule has 0 aliphatic carbocycles. The second-order valence-electron chi connectivity index (χ2n) is 4.08. The number of thioether (sulfide) groups is 1. The van der Waals surface area contributed by atoms with Crippen LogP contribution >= 0.6 is 11.8 Å². The Morgan fingerprint density at radius 3 is 2.60 bits per heavy atom. The van der Waals surface area contributed by atoms with Gasteiger partial charge in [-0.1, -0.05) is 19.9 Å². The lowest BCUT2D eigenvalue weighted by molar-refractivity contribution is 0.0694. The number of carboxylic acids is 1. The second-order valence-corrected chi connectivity index (χ2v) is 7.86. The molecule has 0 unspecified atom stereocenters. The molecule has 0 aliphatic heterocycles. The zero-order valence-corrected chi connectivity index (χ0v) is 13.2. The van der Waals surface area contributed by atoms with Crippen molar-refractivity contribution in [1.82, 2.24) is 0 Å². The minimum Gasteiger partial charge on any atom is -0.478 e. The lowest BCUT2D eigenvalue weighted by Crippen LogP contribution is -2.18. The molecule has 1 aromatic carbocycles. The number of benzene rings is 1. The summed E-state index contributed by atoms with van der Waals surface area (Å²) < 4.78 is 22.8. The lowest BCUT2D eigenvalue weighted by Gasteiger charge is -2.12. The van der Waals surface area contributed by atoms with Gasteiger partial charge >= 0.3 is 5.97 Å². The fourth-order valence-corrected chi connectivity index (χ4v) is 3.19. The van der Waals surface area contributed by atoms with Crippen LogP contribution in [0.25, 0.3) is 0 Å². The van der Waals surface area contributed by atoms with Crippen LogP contribution in [0, 0.1) is 0 Å². The van der Waals surface area contributed by atoms with Crippen LogP contribution in [-0.2, 0) is 9.84 Å². The first kappa shape index (κ1) is 16.8. The van der Waals surface area contributed by atoms with E-state index in [9.17, 15) is 18.3 Å². The molecular weight excluding hydrogens is 298 g/mol. The van der Waals surface area contributed by atoms with E-state index in [1.807, 2.05) is 6.92 Å². The quantitative estimate of drug-likeness (QED) is 0.716. The topological polar surface area (TPSA) is 83.5 Å². The van der Waals surface area contributed by atoms with Crippen LogP contribution in [0.3, 0.4) is 0 Å². The molecule has 20 heavy (non-hydrogen) atoms. The molecule has 1 rings (SSSR count). The summed E-state index contributed by atoms with van der Waals surface area (Å²) in [6.07, 6.45) is 0. The zero-order valence-electron chi connectivity index (χ0n) is 11.5. The number of hydrogen-bond donors (Lipinski definition) is 2. The SMILES string of the molecule is CCSc1cccc(NCCS(=O)(=O)CC)c1C(=O)O. The van der Waals surface area contributed by atoms with Crippen LogP contribution in [0.5, 0.6) is 0 Å². The summed E-state index contributed by atoms with van der Waals surface area (Å²) in [5.74, 6) is -0.157. The zero-order chi connectivity index (χ0) is 15.2. The van der Waals surface area contributed by atoms with Crippen LogP contribution in [0.2, 0.25) is 0 Å². The molecule has 0 amide bonds. The van der Waals surface area contributed by atoms with E-state index in [0.29, 0.717) is 10.6 Å². The molecule has 0 aliphatic rings. The van der Waals surface area contributed by atoms with E-state index in [-0.39, 0.29) is 23.6 Å². The molecule has 5 nitrogen and oxygen atoms in total. The minimum absolute atomic E-state index is 0.00624. The van der Waals surface area contributed by atoms with Gasteiger partial charge in [-0.05, 0) is 17.9 Å². The monoisotopic (exact) mass is 317 g/mol. The van der Waals surface area contributed by atoms with Gasteiger partial charge in [0.2, 0.25) is 0 Å². The highest BCUT2D eigenvalue weighted by Gasteiger charge is 2.16. The van der Waals surface area contributed by atoms with Crippen molar-refractivity contribution in [2.75, 3.05) is 29.1 Å². The molecule has 0 aromatic heterocycles. The van der Waals surface area contributed by atoms with E-state index >= 15 is 0 Å². The van der Waals surface area contributed by atoms with Crippen LogP contribution in [0.1, 0.15) is 24.2 Å². The molecule has 0 atom stereocenters. The van der Waals surface area contributed by atoms with Gasteiger partial charge in [-0.2, -0.15) is 0 Å². The first-order valence-electron chi connectivity index (χ1n) is 6.34. The number of sulfone groups is 1. The Morgan fingerprint density at radius 2 is 2.05 bits per heavy atom. The fourth-order valence-electron chi connectivity index (χ4n) is 1.66. The molecule has 1 aromatic rings. The van der Waals surface area contributed by atoms with Crippen molar-refractivity contribution in [2.45, 2.75) is 18.7 Å². The fraction of sp³-hybridized carbons (Fsp3) is 0.462. The minimum atomic E-state index is -3.06. The van der Waals surface area contributed by atoms with Crippen molar-refractivity contribution in [2.24, 2.45) is 0 Å². The van der Waals surface area contributed by atoms with Gasteiger partial charge in [-0.15, -0.1) is 11.8 Å². The summed E-state index contributed by atoms with van der Waals surface area (Å²) in [5.41, 5.74) is 0.662. The maximum atomic E-state index is 11.4. The van der Waals surface area contributed by atoms with Gasteiger partial charge in [-0.25, -0.2) is 13.2 Å². The summed E-state index contributed by atoms with van der Waals surface area (Å²) in [5, 5.41) is 12.2. The Labute approximate surface area is 123 Å². The Bertz CT molecular complexity index is 570. The van der Waals surface area contributed by atoms with Gasteiger partial charge in [0, 0.05) is 22.9 Å². The molecule has 0 saturated carbocycles. The number of rotatable bonds is 8. The smallest absolute Gasteiger partial charge is 0.338 e. The van der Waals surface area contributed by atoms with Crippen molar-refractivity contribution in [1.29, 1.82) is 0 Å². The first-order valence-corrected chi connectivity index (χ1v) is 9.15. The Balaban J connectivity index is 2.89. The van der Waals surface area contributed by atoms with Gasteiger partial charge < -0.3 is 10.4 Å². The predicted molar refractivity (Wildman–Crippen MR) is 82.6 cm³/mol. The van der Waals surface area contributed by atoms with Crippen molar-refractivity contribution in [3.05, 3.63) is 23.8 Å². The van der Waals surface area contributed by atoms with Gasteiger partial charge in [0.1, 0.15) is 0 Å². The Morgan fingerprint density at radius 1 is 1.35 bits per heavy atom. The van der Waals surface area contributed by atoms with E-state index in [1.165, 1.54) is 11.8 Å². The number of anilines is 1. The normalized spacial score (nSPS) is 11.3. The number of nitrogens with one attached hydrogen (secondary N) is 1. The number of carbonyl (C=O) groups is 1. The van der Waals surface area contributed by atoms with Gasteiger partial charge in [0.25, 0.3) is 0 Å². The van der Waals surface area contributed by atoms with Crippen molar-refractivity contribution in [3.63, 3.8) is 0 Å². The second kappa shape index (κ2) is 7.54. The maximum absolute atomic E-state index is 11.4.